The van der Waals surface area contributed by atoms with Crippen LogP contribution < -0.4 is 0 Å². The van der Waals surface area contributed by atoms with E-state index in [4.69, 9.17) is 9.05 Å². The summed E-state index contributed by atoms with van der Waals surface area (Å²) in [6.45, 7) is 7.88. The average molecular weight is 694 g/mol. The predicted molar refractivity (Wildman–Crippen MR) is 218 cm³/mol. The molecule has 0 rings (SSSR count). The number of rotatable bonds is 37. The molecule has 0 aliphatic carbocycles. The van der Waals surface area contributed by atoms with E-state index in [0.717, 1.165) is 32.2 Å². The summed E-state index contributed by atoms with van der Waals surface area (Å²) in [5.74, 6) is 0. The van der Waals surface area contributed by atoms with E-state index in [1.807, 2.05) is 21.0 Å². The Hall–Kier alpha value is -0.770. The SMILES string of the molecule is CCCCC/C=C\C/C=C\CCCCCCCCC(CCCCCCCC/C=C\C/C=C\CCCCC)O[PH](O)(CC)OCCN(C)C. The van der Waals surface area contributed by atoms with Gasteiger partial charge in [0.15, 0.2) is 0 Å². The summed E-state index contributed by atoms with van der Waals surface area (Å²) in [6.07, 6.45) is 51.9. The second-order valence-electron chi connectivity index (χ2n) is 14.2. The van der Waals surface area contributed by atoms with Crippen molar-refractivity contribution in [1.82, 2.24) is 4.90 Å². The Morgan fingerprint density at radius 2 is 0.896 bits per heavy atom. The van der Waals surface area contributed by atoms with Gasteiger partial charge in [0.05, 0.1) is 0 Å². The molecule has 0 saturated carbocycles. The zero-order valence-corrected chi connectivity index (χ0v) is 33.9. The molecule has 0 radical (unpaired) electrons. The Morgan fingerprint density at radius 3 is 1.27 bits per heavy atom. The molecule has 4 nitrogen and oxygen atoms in total. The molecular weight excluding hydrogens is 609 g/mol. The molecule has 284 valence electrons. The topological polar surface area (TPSA) is 41.9 Å². The van der Waals surface area contributed by atoms with E-state index in [1.165, 1.54) is 141 Å². The summed E-state index contributed by atoms with van der Waals surface area (Å²) in [4.78, 5) is 13.3. The Labute approximate surface area is 301 Å². The van der Waals surface area contributed by atoms with Crippen LogP contribution in [0.5, 0.6) is 0 Å². The minimum absolute atomic E-state index is 0.123. The van der Waals surface area contributed by atoms with Crippen molar-refractivity contribution in [2.45, 2.75) is 194 Å². The van der Waals surface area contributed by atoms with E-state index in [2.05, 4.69) is 67.4 Å². The van der Waals surface area contributed by atoms with Gasteiger partial charge in [0.2, 0.25) is 0 Å². The van der Waals surface area contributed by atoms with Crippen LogP contribution in [0.3, 0.4) is 0 Å². The van der Waals surface area contributed by atoms with Gasteiger partial charge in [-0.1, -0.05) is 63.8 Å². The normalized spacial score (nSPS) is 13.2. The van der Waals surface area contributed by atoms with E-state index in [-0.39, 0.29) is 6.10 Å². The number of hydrogen-bond donors (Lipinski definition) is 1. The van der Waals surface area contributed by atoms with E-state index in [1.54, 1.807) is 0 Å². The van der Waals surface area contributed by atoms with Gasteiger partial charge < -0.3 is 0 Å². The standard InChI is InChI=1S/C43H84NO3P/c1-6-9-11-13-15-17-19-21-23-25-27-29-31-33-35-37-39-43(47-48(45,8-3)46-42-41-44(4)5)40-38-36-34-32-30-28-26-24-22-20-18-16-14-12-10-7-2/h15-18,21-24,43,45,48H,6-14,19-20,25-42H2,1-5H3/b17-15-,18-16-,23-21-,24-22-. The molecule has 0 heterocycles. The molecule has 0 aliphatic rings. The van der Waals surface area contributed by atoms with Crippen LogP contribution in [0.2, 0.25) is 0 Å². The Bertz CT molecular complexity index is 717. The molecule has 0 unspecified atom stereocenters. The first-order valence-electron chi connectivity index (χ1n) is 20.8. The van der Waals surface area contributed by atoms with Crippen LogP contribution in [-0.4, -0.2) is 49.3 Å². The summed E-state index contributed by atoms with van der Waals surface area (Å²) >= 11 is 0. The quantitative estimate of drug-likeness (QED) is 0.0399. The third-order valence-corrected chi connectivity index (χ3v) is 11.4. The van der Waals surface area contributed by atoms with Crippen LogP contribution in [-0.2, 0) is 9.05 Å². The maximum absolute atomic E-state index is 11.2. The minimum atomic E-state index is -3.12. The molecule has 0 aromatic heterocycles. The molecule has 0 amide bonds. The first kappa shape index (κ1) is 47.2. The summed E-state index contributed by atoms with van der Waals surface area (Å²) in [5.41, 5.74) is 0. The molecule has 0 aromatic carbocycles. The molecule has 48 heavy (non-hydrogen) atoms. The Morgan fingerprint density at radius 1 is 0.521 bits per heavy atom. The molecule has 0 spiro atoms. The first-order valence-corrected chi connectivity index (χ1v) is 22.7. The van der Waals surface area contributed by atoms with E-state index >= 15 is 0 Å². The van der Waals surface area contributed by atoms with Crippen molar-refractivity contribution in [2.24, 2.45) is 0 Å². The van der Waals surface area contributed by atoms with E-state index in [0.29, 0.717) is 12.8 Å². The van der Waals surface area contributed by atoms with Gasteiger partial charge in [0.25, 0.3) is 0 Å². The zero-order chi connectivity index (χ0) is 35.2. The third kappa shape index (κ3) is 35.1. The van der Waals surface area contributed by atoms with Crippen molar-refractivity contribution in [3.63, 3.8) is 0 Å². The number of allylic oxidation sites excluding steroid dienone is 8. The van der Waals surface area contributed by atoms with Crippen molar-refractivity contribution in [2.75, 3.05) is 33.4 Å². The van der Waals surface area contributed by atoms with Gasteiger partial charge in [-0.3, -0.25) is 0 Å². The monoisotopic (exact) mass is 694 g/mol. The second-order valence-corrected chi connectivity index (χ2v) is 16.9. The van der Waals surface area contributed by atoms with E-state index < -0.39 is 7.94 Å². The molecular formula is C43H84NO3P. The molecule has 0 bridgehead atoms. The van der Waals surface area contributed by atoms with Gasteiger partial charge in [-0.05, 0) is 38.5 Å². The van der Waals surface area contributed by atoms with Crippen molar-refractivity contribution in [1.29, 1.82) is 0 Å². The molecule has 0 aliphatic heterocycles. The average Bonchev–Trinajstić information content (AvgIpc) is 3.07. The molecule has 5 heteroatoms. The van der Waals surface area contributed by atoms with Crippen LogP contribution in [0.25, 0.3) is 0 Å². The van der Waals surface area contributed by atoms with Crippen LogP contribution in [0.15, 0.2) is 48.6 Å². The van der Waals surface area contributed by atoms with E-state index in [9.17, 15) is 4.89 Å². The van der Waals surface area contributed by atoms with Crippen molar-refractivity contribution < 1.29 is 13.9 Å². The van der Waals surface area contributed by atoms with Gasteiger partial charge in [-0.25, -0.2) is 0 Å². The molecule has 0 atom stereocenters. The molecule has 1 N–H and O–H groups in total. The summed E-state index contributed by atoms with van der Waals surface area (Å²) < 4.78 is 12.4. The number of nitrogens with zero attached hydrogens (tertiary/aromatic N) is 1. The van der Waals surface area contributed by atoms with Gasteiger partial charge in [-0.15, -0.1) is 0 Å². The van der Waals surface area contributed by atoms with Crippen LogP contribution in [0.1, 0.15) is 188 Å². The fourth-order valence-corrected chi connectivity index (χ4v) is 7.46. The van der Waals surface area contributed by atoms with Crippen LogP contribution >= 0.6 is 7.94 Å². The maximum atomic E-state index is 11.2. The van der Waals surface area contributed by atoms with Gasteiger partial charge in [-0.2, -0.15) is 0 Å². The fraction of sp³-hybridized carbons (Fsp3) is 0.814. The first-order chi connectivity index (χ1) is 23.5. The van der Waals surface area contributed by atoms with Crippen molar-refractivity contribution in [3.05, 3.63) is 48.6 Å². The van der Waals surface area contributed by atoms with Gasteiger partial charge in [0.1, 0.15) is 0 Å². The zero-order valence-electron chi connectivity index (χ0n) is 32.9. The van der Waals surface area contributed by atoms with Crippen molar-refractivity contribution in [3.8, 4) is 0 Å². The number of unbranched alkanes of at least 4 members (excludes halogenated alkanes) is 18. The second kappa shape index (κ2) is 37.5. The van der Waals surface area contributed by atoms with Gasteiger partial charge in [0, 0.05) is 0 Å². The van der Waals surface area contributed by atoms with Crippen LogP contribution in [0.4, 0.5) is 0 Å². The van der Waals surface area contributed by atoms with Gasteiger partial charge >= 0.3 is 200 Å². The summed E-state index contributed by atoms with van der Waals surface area (Å²) in [7, 11) is 0.954. The predicted octanol–water partition coefficient (Wildman–Crippen LogP) is 13.9. The summed E-state index contributed by atoms with van der Waals surface area (Å²) in [5, 5.41) is 0. The van der Waals surface area contributed by atoms with Crippen molar-refractivity contribution >= 4 is 7.94 Å². The number of hydrogen-bond acceptors (Lipinski definition) is 4. The fourth-order valence-electron chi connectivity index (χ4n) is 5.85. The Kier molecular flexibility index (Phi) is 36.9. The molecule has 0 fully saturated rings. The Balaban J connectivity index is 4.24. The molecule has 0 aromatic rings. The summed E-state index contributed by atoms with van der Waals surface area (Å²) in [6, 6.07) is 0. The van der Waals surface area contributed by atoms with Crippen LogP contribution in [0, 0.1) is 0 Å². The number of likely N-dealkylation sites (N-methyl/N-ethyl adjacent to an activating group) is 1. The third-order valence-electron chi connectivity index (χ3n) is 9.12. The molecule has 0 saturated heterocycles.